The lowest BCUT2D eigenvalue weighted by molar-refractivity contribution is 0.0644. The van der Waals surface area contributed by atoms with Crippen LogP contribution >= 0.6 is 0 Å². The summed E-state index contributed by atoms with van der Waals surface area (Å²) in [5.74, 6) is -0.171. The van der Waals surface area contributed by atoms with Crippen LogP contribution in [-0.4, -0.2) is 29.6 Å². The Balaban J connectivity index is 2.96. The number of hydrogen-bond donors (Lipinski definition) is 1. The van der Waals surface area contributed by atoms with Crippen molar-refractivity contribution in [3.05, 3.63) is 35.6 Å². The molecule has 2 nitrogen and oxygen atoms in total. The summed E-state index contributed by atoms with van der Waals surface area (Å²) in [5.41, 5.74) is 7.02. The molecule has 0 bridgehead atoms. The average Bonchev–Trinajstić information content (AvgIpc) is 2.47. The van der Waals surface area contributed by atoms with Crippen molar-refractivity contribution >= 4 is 0 Å². The van der Waals surface area contributed by atoms with Gasteiger partial charge in [-0.1, -0.05) is 32.4 Å². The zero-order chi connectivity index (χ0) is 15.9. The van der Waals surface area contributed by atoms with Crippen LogP contribution in [0.15, 0.2) is 24.3 Å². The molecule has 0 aliphatic rings. The molecule has 21 heavy (non-hydrogen) atoms. The van der Waals surface area contributed by atoms with E-state index >= 15 is 0 Å². The van der Waals surface area contributed by atoms with E-state index in [1.165, 1.54) is 18.9 Å². The standard InChI is InChI=1S/C18H31FN2/c1-5-7-11-21(15(3)6-2)18(4,14-20)13-16-9-8-10-17(19)12-16/h8-10,12,15H,5-7,11,13-14,20H2,1-4H3. The molecule has 0 fully saturated rings. The van der Waals surface area contributed by atoms with Crippen molar-refractivity contribution in [1.82, 2.24) is 4.90 Å². The fourth-order valence-electron chi connectivity index (χ4n) is 2.95. The quantitative estimate of drug-likeness (QED) is 0.746. The van der Waals surface area contributed by atoms with Gasteiger partial charge in [-0.15, -0.1) is 0 Å². The molecule has 3 heteroatoms. The Morgan fingerprint density at radius 1 is 1.33 bits per heavy atom. The van der Waals surface area contributed by atoms with Crippen molar-refractivity contribution in [1.29, 1.82) is 0 Å². The van der Waals surface area contributed by atoms with E-state index in [0.29, 0.717) is 12.6 Å². The van der Waals surface area contributed by atoms with Gasteiger partial charge in [0.05, 0.1) is 0 Å². The molecule has 1 rings (SSSR count). The van der Waals surface area contributed by atoms with Crippen LogP contribution in [0, 0.1) is 5.82 Å². The van der Waals surface area contributed by atoms with Crippen LogP contribution < -0.4 is 5.73 Å². The lowest BCUT2D eigenvalue weighted by atomic mass is 9.88. The lowest BCUT2D eigenvalue weighted by Crippen LogP contribution is -2.56. The van der Waals surface area contributed by atoms with Crippen LogP contribution in [-0.2, 0) is 6.42 Å². The molecule has 0 saturated carbocycles. The van der Waals surface area contributed by atoms with Gasteiger partial charge in [-0.25, -0.2) is 4.39 Å². The first kappa shape index (κ1) is 18.1. The number of unbranched alkanes of at least 4 members (excludes halogenated alkanes) is 1. The molecule has 0 aliphatic carbocycles. The van der Waals surface area contributed by atoms with Gasteiger partial charge in [0.2, 0.25) is 0 Å². The van der Waals surface area contributed by atoms with Gasteiger partial charge in [0.15, 0.2) is 0 Å². The summed E-state index contributed by atoms with van der Waals surface area (Å²) < 4.78 is 13.4. The molecule has 1 aromatic rings. The highest BCUT2D eigenvalue weighted by Gasteiger charge is 2.33. The molecule has 0 aliphatic heterocycles. The van der Waals surface area contributed by atoms with Crippen molar-refractivity contribution in [3.63, 3.8) is 0 Å². The van der Waals surface area contributed by atoms with Crippen LogP contribution in [0.5, 0.6) is 0 Å². The Bertz CT molecular complexity index is 421. The van der Waals surface area contributed by atoms with Crippen molar-refractivity contribution in [2.24, 2.45) is 5.73 Å². The minimum absolute atomic E-state index is 0.127. The third kappa shape index (κ3) is 5.08. The minimum atomic E-state index is -0.171. The SMILES string of the molecule is CCCCN(C(C)CC)C(C)(CN)Cc1cccc(F)c1. The van der Waals surface area contributed by atoms with Gasteiger partial charge in [0, 0.05) is 18.1 Å². The highest BCUT2D eigenvalue weighted by molar-refractivity contribution is 5.19. The molecule has 120 valence electrons. The molecule has 0 amide bonds. The monoisotopic (exact) mass is 294 g/mol. The second-order valence-electron chi connectivity index (χ2n) is 6.31. The highest BCUT2D eigenvalue weighted by Crippen LogP contribution is 2.25. The maximum Gasteiger partial charge on any atom is 0.123 e. The van der Waals surface area contributed by atoms with E-state index in [9.17, 15) is 4.39 Å². The highest BCUT2D eigenvalue weighted by atomic mass is 19.1. The van der Waals surface area contributed by atoms with Gasteiger partial charge in [0.1, 0.15) is 5.82 Å². The third-order valence-corrected chi connectivity index (χ3v) is 4.48. The Morgan fingerprint density at radius 2 is 2.05 bits per heavy atom. The van der Waals surface area contributed by atoms with Gasteiger partial charge in [0.25, 0.3) is 0 Å². The summed E-state index contributed by atoms with van der Waals surface area (Å²) in [7, 11) is 0. The van der Waals surface area contributed by atoms with E-state index in [1.807, 2.05) is 6.07 Å². The average molecular weight is 294 g/mol. The first-order valence-corrected chi connectivity index (χ1v) is 8.18. The molecule has 2 N–H and O–H groups in total. The van der Waals surface area contributed by atoms with Gasteiger partial charge >= 0.3 is 0 Å². The molecule has 0 radical (unpaired) electrons. The molecule has 0 saturated heterocycles. The molecule has 0 spiro atoms. The Morgan fingerprint density at radius 3 is 2.57 bits per heavy atom. The van der Waals surface area contributed by atoms with Crippen LogP contribution in [0.2, 0.25) is 0 Å². The van der Waals surface area contributed by atoms with E-state index < -0.39 is 0 Å². The number of nitrogens with two attached hydrogens (primary N) is 1. The van der Waals surface area contributed by atoms with Crippen LogP contribution in [0.1, 0.15) is 52.5 Å². The molecule has 1 aromatic carbocycles. The topological polar surface area (TPSA) is 29.3 Å². The number of rotatable bonds is 9. The summed E-state index contributed by atoms with van der Waals surface area (Å²) in [4.78, 5) is 2.52. The largest absolute Gasteiger partial charge is 0.329 e. The maximum atomic E-state index is 13.4. The predicted molar refractivity (Wildman–Crippen MR) is 88.9 cm³/mol. The predicted octanol–water partition coefficient (Wildman–Crippen LogP) is 3.99. The summed E-state index contributed by atoms with van der Waals surface area (Å²) >= 11 is 0. The van der Waals surface area contributed by atoms with E-state index in [2.05, 4.69) is 32.6 Å². The first-order chi connectivity index (χ1) is 9.96. The Kier molecular flexibility index (Phi) is 7.33. The van der Waals surface area contributed by atoms with Gasteiger partial charge in [-0.2, -0.15) is 0 Å². The van der Waals surface area contributed by atoms with E-state index in [0.717, 1.165) is 24.9 Å². The Hall–Kier alpha value is -0.930. The van der Waals surface area contributed by atoms with Crippen molar-refractivity contribution in [2.75, 3.05) is 13.1 Å². The normalized spacial score (nSPS) is 16.0. The van der Waals surface area contributed by atoms with E-state index in [-0.39, 0.29) is 11.4 Å². The Labute approximate surface area is 129 Å². The van der Waals surface area contributed by atoms with Gasteiger partial charge in [-0.05, 0) is 57.4 Å². The second-order valence-corrected chi connectivity index (χ2v) is 6.31. The molecular formula is C18H31FN2. The van der Waals surface area contributed by atoms with Crippen molar-refractivity contribution < 1.29 is 4.39 Å². The van der Waals surface area contributed by atoms with Crippen LogP contribution in [0.3, 0.4) is 0 Å². The van der Waals surface area contributed by atoms with Gasteiger partial charge < -0.3 is 5.73 Å². The van der Waals surface area contributed by atoms with Crippen LogP contribution in [0.25, 0.3) is 0 Å². The van der Waals surface area contributed by atoms with Crippen molar-refractivity contribution in [2.45, 2.75) is 65.0 Å². The third-order valence-electron chi connectivity index (χ3n) is 4.48. The lowest BCUT2D eigenvalue weighted by Gasteiger charge is -2.44. The molecule has 0 heterocycles. The summed E-state index contributed by atoms with van der Waals surface area (Å²) in [5, 5.41) is 0. The second kappa shape index (κ2) is 8.50. The van der Waals surface area contributed by atoms with Crippen LogP contribution in [0.4, 0.5) is 4.39 Å². The molecule has 0 aromatic heterocycles. The maximum absolute atomic E-state index is 13.4. The fraction of sp³-hybridized carbons (Fsp3) is 0.667. The van der Waals surface area contributed by atoms with E-state index in [1.54, 1.807) is 12.1 Å². The van der Waals surface area contributed by atoms with E-state index in [4.69, 9.17) is 5.73 Å². The number of hydrogen-bond acceptors (Lipinski definition) is 2. The summed E-state index contributed by atoms with van der Waals surface area (Å²) in [6.07, 6.45) is 4.23. The molecule has 2 unspecified atom stereocenters. The summed E-state index contributed by atoms with van der Waals surface area (Å²) in [6.45, 7) is 10.5. The number of benzene rings is 1. The molecular weight excluding hydrogens is 263 g/mol. The molecule has 2 atom stereocenters. The number of halogens is 1. The smallest absolute Gasteiger partial charge is 0.123 e. The fourth-order valence-corrected chi connectivity index (χ4v) is 2.95. The van der Waals surface area contributed by atoms with Gasteiger partial charge in [-0.3, -0.25) is 4.90 Å². The zero-order valence-electron chi connectivity index (χ0n) is 14.0. The summed E-state index contributed by atoms with van der Waals surface area (Å²) in [6, 6.07) is 7.38. The number of nitrogens with zero attached hydrogens (tertiary/aromatic N) is 1. The zero-order valence-corrected chi connectivity index (χ0v) is 14.0. The van der Waals surface area contributed by atoms with Crippen molar-refractivity contribution in [3.8, 4) is 0 Å². The first-order valence-electron chi connectivity index (χ1n) is 8.18. The minimum Gasteiger partial charge on any atom is -0.329 e.